The van der Waals surface area contributed by atoms with Gasteiger partial charge in [0.05, 0.1) is 24.0 Å². The molecule has 8 heteroatoms. The minimum atomic E-state index is -0.242. The van der Waals surface area contributed by atoms with E-state index in [1.807, 2.05) is 35.9 Å². The predicted octanol–water partition coefficient (Wildman–Crippen LogP) is 4.83. The zero-order valence-electron chi connectivity index (χ0n) is 18.6. The monoisotopic (exact) mass is 465 g/mol. The van der Waals surface area contributed by atoms with Crippen molar-refractivity contribution in [3.63, 3.8) is 0 Å². The highest BCUT2D eigenvalue weighted by Gasteiger charge is 2.19. The Morgan fingerprint density at radius 3 is 2.70 bits per heavy atom. The molecule has 0 amide bonds. The molecule has 1 fully saturated rings. The van der Waals surface area contributed by atoms with Crippen LogP contribution in [0.25, 0.3) is 16.9 Å². The number of fused-ring (bicyclic) bond motifs is 1. The number of ether oxygens (including phenoxy) is 1. The fraction of sp³-hybridized carbons (Fsp3) is 0.280. The summed E-state index contributed by atoms with van der Waals surface area (Å²) in [4.78, 5) is 13.3. The van der Waals surface area contributed by atoms with Crippen molar-refractivity contribution in [2.45, 2.75) is 13.5 Å². The van der Waals surface area contributed by atoms with Gasteiger partial charge in [0, 0.05) is 74.2 Å². The summed E-state index contributed by atoms with van der Waals surface area (Å²) in [5, 5.41) is 0.570. The predicted molar refractivity (Wildman–Crippen MR) is 129 cm³/mol. The molecule has 1 aliphatic heterocycles. The van der Waals surface area contributed by atoms with Crippen molar-refractivity contribution in [1.29, 1.82) is 0 Å². The van der Waals surface area contributed by atoms with E-state index in [-0.39, 0.29) is 5.82 Å². The van der Waals surface area contributed by atoms with Crippen LogP contribution in [0.1, 0.15) is 11.1 Å². The zero-order valence-corrected chi connectivity index (χ0v) is 19.4. The Hall–Kier alpha value is -3.16. The lowest BCUT2D eigenvalue weighted by atomic mass is 10.1. The molecule has 0 bridgehead atoms. The molecule has 0 spiro atoms. The first-order valence-electron chi connectivity index (χ1n) is 10.9. The van der Waals surface area contributed by atoms with Crippen LogP contribution in [0.15, 0.2) is 55.1 Å². The Balaban J connectivity index is 1.32. The van der Waals surface area contributed by atoms with Gasteiger partial charge in [-0.2, -0.15) is 0 Å². The number of piperazine rings is 1. The van der Waals surface area contributed by atoms with Gasteiger partial charge in [0.1, 0.15) is 17.2 Å². The first-order valence-corrected chi connectivity index (χ1v) is 11.3. The van der Waals surface area contributed by atoms with E-state index in [9.17, 15) is 4.39 Å². The highest BCUT2D eigenvalue weighted by Crippen LogP contribution is 2.33. The van der Waals surface area contributed by atoms with Crippen LogP contribution in [0.4, 0.5) is 10.1 Å². The van der Waals surface area contributed by atoms with Crippen LogP contribution >= 0.6 is 11.6 Å². The second-order valence-corrected chi connectivity index (χ2v) is 8.72. The lowest BCUT2D eigenvalue weighted by Gasteiger charge is -2.36. The molecule has 4 heterocycles. The highest BCUT2D eigenvalue weighted by atomic mass is 35.5. The molecule has 0 aliphatic carbocycles. The normalized spacial score (nSPS) is 14.7. The van der Waals surface area contributed by atoms with E-state index in [0.29, 0.717) is 22.9 Å². The van der Waals surface area contributed by atoms with Crippen LogP contribution in [0.3, 0.4) is 0 Å². The summed E-state index contributed by atoms with van der Waals surface area (Å²) < 4.78 is 21.3. The minimum absolute atomic E-state index is 0.242. The number of methoxy groups -OCH3 is 1. The van der Waals surface area contributed by atoms with Gasteiger partial charge in [0.2, 0.25) is 0 Å². The Morgan fingerprint density at radius 1 is 1.12 bits per heavy atom. The Labute approximate surface area is 197 Å². The summed E-state index contributed by atoms with van der Waals surface area (Å²) in [7, 11) is 1.62. The van der Waals surface area contributed by atoms with Gasteiger partial charge in [0.25, 0.3) is 0 Å². The summed E-state index contributed by atoms with van der Waals surface area (Å²) >= 11 is 6.35. The van der Waals surface area contributed by atoms with Gasteiger partial charge in [0.15, 0.2) is 0 Å². The third-order valence-electron chi connectivity index (χ3n) is 6.21. The van der Waals surface area contributed by atoms with Gasteiger partial charge in [-0.3, -0.25) is 9.88 Å². The van der Waals surface area contributed by atoms with Gasteiger partial charge < -0.3 is 14.0 Å². The van der Waals surface area contributed by atoms with Gasteiger partial charge in [-0.15, -0.1) is 0 Å². The first-order chi connectivity index (χ1) is 16.0. The first kappa shape index (κ1) is 21.7. The van der Waals surface area contributed by atoms with Crippen molar-refractivity contribution in [3.05, 3.63) is 77.1 Å². The SMILES string of the molecule is COc1cc(C)c(-c2cn3ccc(N4CCN(Cc5ccncc5F)CC4)cc3n2)cc1Cl. The van der Waals surface area contributed by atoms with E-state index >= 15 is 0 Å². The van der Waals surface area contributed by atoms with Crippen LogP contribution in [0, 0.1) is 12.7 Å². The molecule has 6 nitrogen and oxygen atoms in total. The number of nitrogens with zero attached hydrogens (tertiary/aromatic N) is 5. The van der Waals surface area contributed by atoms with Gasteiger partial charge in [-0.1, -0.05) is 11.6 Å². The van der Waals surface area contributed by atoms with E-state index < -0.39 is 0 Å². The number of anilines is 1. The van der Waals surface area contributed by atoms with E-state index in [0.717, 1.165) is 54.3 Å². The van der Waals surface area contributed by atoms with Crippen LogP contribution < -0.4 is 9.64 Å². The third kappa shape index (κ3) is 4.38. The molecule has 0 unspecified atom stereocenters. The van der Waals surface area contributed by atoms with Crippen LogP contribution in [-0.2, 0) is 6.54 Å². The van der Waals surface area contributed by atoms with Gasteiger partial charge in [-0.05, 0) is 36.8 Å². The smallest absolute Gasteiger partial charge is 0.145 e. The maximum Gasteiger partial charge on any atom is 0.145 e. The molecule has 4 aromatic rings. The maximum atomic E-state index is 13.9. The summed E-state index contributed by atoms with van der Waals surface area (Å²) in [6.07, 6.45) is 6.98. The molecule has 33 heavy (non-hydrogen) atoms. The minimum Gasteiger partial charge on any atom is -0.495 e. The molecule has 0 radical (unpaired) electrons. The zero-order chi connectivity index (χ0) is 22.9. The van der Waals surface area contributed by atoms with Crippen molar-refractivity contribution in [2.24, 2.45) is 0 Å². The lowest BCUT2D eigenvalue weighted by Crippen LogP contribution is -2.46. The number of hydrogen-bond donors (Lipinski definition) is 0. The van der Waals surface area contributed by atoms with Crippen molar-refractivity contribution >= 4 is 22.9 Å². The van der Waals surface area contributed by atoms with E-state index in [2.05, 4.69) is 26.9 Å². The molecule has 0 atom stereocenters. The number of aryl methyl sites for hydroxylation is 1. The number of aromatic nitrogens is 3. The molecule has 1 aromatic carbocycles. The molecule has 0 saturated carbocycles. The third-order valence-corrected chi connectivity index (χ3v) is 6.50. The molecule has 170 valence electrons. The van der Waals surface area contributed by atoms with Crippen molar-refractivity contribution in [3.8, 4) is 17.0 Å². The standard InChI is InChI=1S/C25H25ClFN5O/c1-17-11-24(33-2)21(26)13-20(17)23-16-32-6-4-19(12-25(32)29-23)31-9-7-30(8-10-31)15-18-3-5-28-14-22(18)27/h3-6,11-14,16H,7-10,15H2,1-2H3. The number of pyridine rings is 2. The lowest BCUT2D eigenvalue weighted by molar-refractivity contribution is 0.246. The van der Waals surface area contributed by atoms with Crippen molar-refractivity contribution in [2.75, 3.05) is 38.2 Å². The van der Waals surface area contributed by atoms with Crippen molar-refractivity contribution in [1.82, 2.24) is 19.3 Å². The van der Waals surface area contributed by atoms with E-state index in [4.69, 9.17) is 21.3 Å². The van der Waals surface area contributed by atoms with Crippen molar-refractivity contribution < 1.29 is 9.13 Å². The average molecular weight is 466 g/mol. The second-order valence-electron chi connectivity index (χ2n) is 8.31. The molecule has 1 aliphatic rings. The molecule has 5 rings (SSSR count). The Bertz CT molecular complexity index is 1300. The number of rotatable bonds is 5. The molecule has 0 N–H and O–H groups in total. The highest BCUT2D eigenvalue weighted by molar-refractivity contribution is 6.32. The fourth-order valence-corrected chi connectivity index (χ4v) is 4.56. The summed E-state index contributed by atoms with van der Waals surface area (Å²) in [6, 6.07) is 9.82. The molecular formula is C25H25ClFN5O. The summed E-state index contributed by atoms with van der Waals surface area (Å²) in [5.41, 5.74) is 5.63. The maximum absolute atomic E-state index is 13.9. The number of halogens is 2. The number of hydrogen-bond acceptors (Lipinski definition) is 5. The Morgan fingerprint density at radius 2 is 1.94 bits per heavy atom. The molecule has 3 aromatic heterocycles. The quantitative estimate of drug-likeness (QED) is 0.422. The Kier molecular flexibility index (Phi) is 5.91. The summed E-state index contributed by atoms with van der Waals surface area (Å²) in [6.45, 7) is 6.13. The van der Waals surface area contributed by atoms with Gasteiger partial charge in [-0.25, -0.2) is 9.37 Å². The van der Waals surface area contributed by atoms with E-state index in [1.54, 1.807) is 19.4 Å². The summed E-state index contributed by atoms with van der Waals surface area (Å²) in [5.74, 6) is 0.420. The average Bonchev–Trinajstić information content (AvgIpc) is 3.25. The van der Waals surface area contributed by atoms with Crippen LogP contribution in [-0.4, -0.2) is 52.6 Å². The van der Waals surface area contributed by atoms with Crippen LogP contribution in [0.5, 0.6) is 5.75 Å². The molecular weight excluding hydrogens is 441 g/mol. The topological polar surface area (TPSA) is 45.9 Å². The molecule has 1 saturated heterocycles. The van der Waals surface area contributed by atoms with Gasteiger partial charge >= 0.3 is 0 Å². The number of imidazole rings is 1. The van der Waals surface area contributed by atoms with E-state index in [1.165, 1.54) is 6.20 Å². The number of benzene rings is 1. The largest absolute Gasteiger partial charge is 0.495 e. The second kappa shape index (κ2) is 9.00. The fourth-order valence-electron chi connectivity index (χ4n) is 4.32. The van der Waals surface area contributed by atoms with Crippen LogP contribution in [0.2, 0.25) is 5.02 Å².